The molecule has 2 heteroatoms. The summed E-state index contributed by atoms with van der Waals surface area (Å²) in [7, 11) is 0. The van der Waals surface area contributed by atoms with Crippen molar-refractivity contribution in [2.45, 2.75) is 39.8 Å². The third-order valence-electron chi connectivity index (χ3n) is 3.36. The summed E-state index contributed by atoms with van der Waals surface area (Å²) in [6.45, 7) is 8.82. The van der Waals surface area contributed by atoms with Gasteiger partial charge in [0.05, 0.1) is 0 Å². The lowest BCUT2D eigenvalue weighted by Gasteiger charge is -2.32. The van der Waals surface area contributed by atoms with Crippen molar-refractivity contribution in [2.75, 3.05) is 12.3 Å². The molecule has 2 N–H and O–H groups in total. The molecule has 1 aliphatic heterocycles. The van der Waals surface area contributed by atoms with Gasteiger partial charge in [-0.15, -0.1) is 0 Å². The number of rotatable bonds is 1. The van der Waals surface area contributed by atoms with Crippen LogP contribution in [0.1, 0.15) is 30.5 Å². The van der Waals surface area contributed by atoms with E-state index in [0.717, 1.165) is 18.7 Å². The van der Waals surface area contributed by atoms with E-state index >= 15 is 0 Å². The zero-order valence-electron chi connectivity index (χ0n) is 9.88. The van der Waals surface area contributed by atoms with E-state index in [2.05, 4.69) is 37.8 Å². The van der Waals surface area contributed by atoms with Crippen molar-refractivity contribution >= 4 is 5.69 Å². The SMILES string of the molecule is Cc1cc2c(cc1N)CN(C(C)C)CC2. The molecule has 0 amide bonds. The van der Waals surface area contributed by atoms with Crippen LogP contribution in [0.15, 0.2) is 12.1 Å². The van der Waals surface area contributed by atoms with E-state index in [-0.39, 0.29) is 0 Å². The Morgan fingerprint density at radius 3 is 2.67 bits per heavy atom. The van der Waals surface area contributed by atoms with Crippen molar-refractivity contribution in [3.8, 4) is 0 Å². The second-order valence-corrected chi connectivity index (χ2v) is 4.79. The summed E-state index contributed by atoms with van der Waals surface area (Å²) in [5.74, 6) is 0. The average molecular weight is 204 g/mol. The number of nitrogens with zero attached hydrogens (tertiary/aromatic N) is 1. The predicted octanol–water partition coefficient (Wildman–Crippen LogP) is 2.34. The summed E-state index contributed by atoms with van der Waals surface area (Å²) < 4.78 is 0. The van der Waals surface area contributed by atoms with E-state index in [1.54, 1.807) is 0 Å². The number of nitrogen functional groups attached to an aromatic ring is 1. The molecule has 15 heavy (non-hydrogen) atoms. The van der Waals surface area contributed by atoms with Gasteiger partial charge in [-0.25, -0.2) is 0 Å². The van der Waals surface area contributed by atoms with Crippen molar-refractivity contribution in [1.82, 2.24) is 4.90 Å². The molecule has 0 aliphatic carbocycles. The maximum atomic E-state index is 5.95. The molecule has 2 rings (SSSR count). The molecule has 0 saturated carbocycles. The lowest BCUT2D eigenvalue weighted by molar-refractivity contribution is 0.203. The summed E-state index contributed by atoms with van der Waals surface area (Å²) in [4.78, 5) is 2.50. The average Bonchev–Trinajstić information content (AvgIpc) is 2.19. The first kappa shape index (κ1) is 10.5. The highest BCUT2D eigenvalue weighted by Crippen LogP contribution is 2.25. The van der Waals surface area contributed by atoms with Gasteiger partial charge in [0.25, 0.3) is 0 Å². The molecule has 0 unspecified atom stereocenters. The van der Waals surface area contributed by atoms with Crippen molar-refractivity contribution < 1.29 is 0 Å². The Morgan fingerprint density at radius 1 is 1.27 bits per heavy atom. The molecule has 0 atom stereocenters. The fraction of sp³-hybridized carbons (Fsp3) is 0.538. The monoisotopic (exact) mass is 204 g/mol. The van der Waals surface area contributed by atoms with Crippen molar-refractivity contribution in [3.63, 3.8) is 0 Å². The summed E-state index contributed by atoms with van der Waals surface area (Å²) in [5, 5.41) is 0. The second kappa shape index (κ2) is 3.86. The molecular formula is C13H20N2. The second-order valence-electron chi connectivity index (χ2n) is 4.79. The highest BCUT2D eigenvalue weighted by molar-refractivity contribution is 5.52. The van der Waals surface area contributed by atoms with Crippen molar-refractivity contribution in [2.24, 2.45) is 0 Å². The van der Waals surface area contributed by atoms with Crippen LogP contribution < -0.4 is 5.73 Å². The van der Waals surface area contributed by atoms with Crippen LogP contribution in [0, 0.1) is 6.92 Å². The van der Waals surface area contributed by atoms with Gasteiger partial charge in [0.2, 0.25) is 0 Å². The van der Waals surface area contributed by atoms with E-state index in [4.69, 9.17) is 5.73 Å². The molecule has 1 aliphatic rings. The lowest BCUT2D eigenvalue weighted by atomic mass is 9.96. The maximum Gasteiger partial charge on any atom is 0.0347 e. The summed E-state index contributed by atoms with van der Waals surface area (Å²) in [6, 6.07) is 5.03. The van der Waals surface area contributed by atoms with Crippen LogP contribution in [0.2, 0.25) is 0 Å². The van der Waals surface area contributed by atoms with Crippen molar-refractivity contribution in [3.05, 3.63) is 28.8 Å². The number of hydrogen-bond acceptors (Lipinski definition) is 2. The van der Waals surface area contributed by atoms with E-state index in [9.17, 15) is 0 Å². The Morgan fingerprint density at radius 2 is 2.00 bits per heavy atom. The molecular weight excluding hydrogens is 184 g/mol. The highest BCUT2D eigenvalue weighted by Gasteiger charge is 2.18. The Bertz CT molecular complexity index is 369. The highest BCUT2D eigenvalue weighted by atomic mass is 15.1. The molecule has 0 saturated heterocycles. The minimum atomic E-state index is 0.626. The van der Waals surface area contributed by atoms with Crippen LogP contribution in [0.5, 0.6) is 0 Å². The lowest BCUT2D eigenvalue weighted by Crippen LogP contribution is -2.35. The predicted molar refractivity (Wildman–Crippen MR) is 64.8 cm³/mol. The number of anilines is 1. The minimum Gasteiger partial charge on any atom is -0.399 e. The fourth-order valence-corrected chi connectivity index (χ4v) is 2.21. The molecule has 1 aromatic rings. The summed E-state index contributed by atoms with van der Waals surface area (Å²) >= 11 is 0. The number of aryl methyl sites for hydroxylation is 1. The smallest absolute Gasteiger partial charge is 0.0347 e. The van der Waals surface area contributed by atoms with Gasteiger partial charge >= 0.3 is 0 Å². The quantitative estimate of drug-likeness (QED) is 0.711. The first-order valence-electron chi connectivity index (χ1n) is 5.70. The molecule has 1 heterocycles. The van der Waals surface area contributed by atoms with Gasteiger partial charge in [-0.3, -0.25) is 4.90 Å². The maximum absolute atomic E-state index is 5.95. The zero-order chi connectivity index (χ0) is 11.0. The molecule has 82 valence electrons. The Balaban J connectivity index is 2.30. The first-order chi connectivity index (χ1) is 7.08. The Kier molecular flexibility index (Phi) is 2.70. The van der Waals surface area contributed by atoms with Gasteiger partial charge in [0.15, 0.2) is 0 Å². The van der Waals surface area contributed by atoms with Crippen LogP contribution in [0.25, 0.3) is 0 Å². The van der Waals surface area contributed by atoms with Crippen LogP contribution >= 0.6 is 0 Å². The molecule has 2 nitrogen and oxygen atoms in total. The van der Waals surface area contributed by atoms with Crippen LogP contribution in [-0.2, 0) is 13.0 Å². The number of benzene rings is 1. The largest absolute Gasteiger partial charge is 0.399 e. The minimum absolute atomic E-state index is 0.626. The standard InChI is InChI=1S/C13H20N2/c1-9(2)15-5-4-11-6-10(3)13(14)7-12(11)8-15/h6-7,9H,4-5,8,14H2,1-3H3. The molecule has 0 aromatic heterocycles. The van der Waals surface area contributed by atoms with Gasteiger partial charge in [-0.2, -0.15) is 0 Å². The Hall–Kier alpha value is -1.02. The van der Waals surface area contributed by atoms with Gasteiger partial charge in [-0.1, -0.05) is 6.07 Å². The van der Waals surface area contributed by atoms with Crippen LogP contribution in [0.3, 0.4) is 0 Å². The van der Waals surface area contributed by atoms with Gasteiger partial charge < -0.3 is 5.73 Å². The van der Waals surface area contributed by atoms with E-state index in [1.807, 2.05) is 0 Å². The van der Waals surface area contributed by atoms with Crippen LogP contribution in [0.4, 0.5) is 5.69 Å². The number of hydrogen-bond donors (Lipinski definition) is 1. The van der Waals surface area contributed by atoms with Crippen LogP contribution in [-0.4, -0.2) is 17.5 Å². The molecule has 0 bridgehead atoms. The summed E-state index contributed by atoms with van der Waals surface area (Å²) in [6.07, 6.45) is 1.16. The first-order valence-corrected chi connectivity index (χ1v) is 5.70. The van der Waals surface area contributed by atoms with Gasteiger partial charge in [0.1, 0.15) is 0 Å². The van der Waals surface area contributed by atoms with E-state index in [0.29, 0.717) is 6.04 Å². The fourth-order valence-electron chi connectivity index (χ4n) is 2.21. The third kappa shape index (κ3) is 2.00. The molecule has 1 aromatic carbocycles. The van der Waals surface area contributed by atoms with Crippen molar-refractivity contribution in [1.29, 1.82) is 0 Å². The molecule has 0 radical (unpaired) electrons. The number of fused-ring (bicyclic) bond motifs is 1. The van der Waals surface area contributed by atoms with E-state index < -0.39 is 0 Å². The number of nitrogens with two attached hydrogens (primary N) is 1. The van der Waals surface area contributed by atoms with E-state index in [1.165, 1.54) is 23.2 Å². The van der Waals surface area contributed by atoms with Gasteiger partial charge in [-0.05, 0) is 49.9 Å². The van der Waals surface area contributed by atoms with Gasteiger partial charge in [0, 0.05) is 24.8 Å². The molecule has 0 spiro atoms. The normalized spacial score (nSPS) is 16.8. The third-order valence-corrected chi connectivity index (χ3v) is 3.36. The topological polar surface area (TPSA) is 29.3 Å². The summed E-state index contributed by atoms with van der Waals surface area (Å²) in [5.41, 5.74) is 11.0. The zero-order valence-corrected chi connectivity index (χ0v) is 9.88. The molecule has 0 fully saturated rings. The Labute approximate surface area is 92.1 Å².